The Bertz CT molecular complexity index is 517. The van der Waals surface area contributed by atoms with Gasteiger partial charge in [0.05, 0.1) is 0 Å². The van der Waals surface area contributed by atoms with E-state index in [0.717, 1.165) is 5.56 Å². The van der Waals surface area contributed by atoms with Crippen molar-refractivity contribution in [3.8, 4) is 0 Å². The van der Waals surface area contributed by atoms with Crippen LogP contribution in [0.2, 0.25) is 0 Å². The lowest BCUT2D eigenvalue weighted by Crippen LogP contribution is -2.22. The van der Waals surface area contributed by atoms with Crippen LogP contribution in [0.25, 0.3) is 0 Å². The van der Waals surface area contributed by atoms with Crippen LogP contribution in [0.1, 0.15) is 15.9 Å². The van der Waals surface area contributed by atoms with E-state index in [2.05, 4.69) is 22.4 Å². The third-order valence-corrected chi connectivity index (χ3v) is 3.30. The van der Waals surface area contributed by atoms with Crippen molar-refractivity contribution in [3.63, 3.8) is 0 Å². The Morgan fingerprint density at radius 3 is 2.37 bits per heavy atom. The minimum atomic E-state index is -0.0775. The van der Waals surface area contributed by atoms with Gasteiger partial charge in [0.15, 0.2) is 0 Å². The molecule has 0 saturated carbocycles. The molecule has 19 heavy (non-hydrogen) atoms. The highest BCUT2D eigenvalue weighted by molar-refractivity contribution is 7.98. The lowest BCUT2D eigenvalue weighted by Gasteiger charge is -2.05. The van der Waals surface area contributed by atoms with Crippen LogP contribution in [0.5, 0.6) is 0 Å². The van der Waals surface area contributed by atoms with Crippen molar-refractivity contribution in [2.75, 3.05) is 6.26 Å². The zero-order valence-electron chi connectivity index (χ0n) is 10.5. The quantitative estimate of drug-likeness (QED) is 0.881. The van der Waals surface area contributed by atoms with Crippen LogP contribution in [-0.2, 0) is 6.54 Å². The first-order valence-electron chi connectivity index (χ1n) is 5.61. The first-order chi connectivity index (χ1) is 8.79. The van der Waals surface area contributed by atoms with Gasteiger partial charge in [0.1, 0.15) is 0 Å². The highest BCUT2D eigenvalue weighted by Crippen LogP contribution is 2.14. The lowest BCUT2D eigenvalue weighted by atomic mass is 10.2. The largest absolute Gasteiger partial charge is 0.348 e. The minimum Gasteiger partial charge on any atom is -0.348 e. The highest BCUT2D eigenvalue weighted by Gasteiger charge is 2.03. The molecule has 1 heterocycles. The summed E-state index contributed by atoms with van der Waals surface area (Å²) in [6.45, 7) is 0.538. The Kier molecular flexibility index (Phi) is 6.39. The number of amides is 1. The average molecular weight is 295 g/mol. The maximum absolute atomic E-state index is 11.8. The van der Waals surface area contributed by atoms with Crippen LogP contribution < -0.4 is 5.32 Å². The molecule has 0 atom stereocenters. The molecule has 0 aliphatic carbocycles. The molecule has 3 nitrogen and oxygen atoms in total. The van der Waals surface area contributed by atoms with E-state index in [0.29, 0.717) is 12.1 Å². The molecule has 0 bridgehead atoms. The monoisotopic (exact) mass is 294 g/mol. The summed E-state index contributed by atoms with van der Waals surface area (Å²) in [6, 6.07) is 11.6. The lowest BCUT2D eigenvalue weighted by molar-refractivity contribution is 0.0951. The van der Waals surface area contributed by atoms with Gasteiger partial charge in [-0.25, -0.2) is 0 Å². The number of nitrogens with zero attached hydrogens (tertiary/aromatic N) is 1. The zero-order valence-corrected chi connectivity index (χ0v) is 12.1. The molecule has 2 aromatic rings. The van der Waals surface area contributed by atoms with Crippen LogP contribution in [-0.4, -0.2) is 17.1 Å². The molecule has 0 aliphatic rings. The molecule has 1 aromatic heterocycles. The first kappa shape index (κ1) is 15.5. The Morgan fingerprint density at radius 2 is 1.79 bits per heavy atom. The van der Waals surface area contributed by atoms with Crippen molar-refractivity contribution in [2.45, 2.75) is 11.4 Å². The number of carbonyl (C=O) groups is 1. The Hall–Kier alpha value is -1.52. The van der Waals surface area contributed by atoms with Gasteiger partial charge in [0.25, 0.3) is 5.91 Å². The topological polar surface area (TPSA) is 42.0 Å². The number of rotatable bonds is 4. The van der Waals surface area contributed by atoms with E-state index in [1.54, 1.807) is 36.3 Å². The van der Waals surface area contributed by atoms with E-state index in [9.17, 15) is 4.79 Å². The summed E-state index contributed by atoms with van der Waals surface area (Å²) in [4.78, 5) is 16.9. The van der Waals surface area contributed by atoms with Crippen molar-refractivity contribution in [2.24, 2.45) is 0 Å². The van der Waals surface area contributed by atoms with Gasteiger partial charge in [0, 0.05) is 29.4 Å². The zero-order chi connectivity index (χ0) is 12.8. The van der Waals surface area contributed by atoms with Gasteiger partial charge in [-0.05, 0) is 36.1 Å². The fraction of sp³-hybridized carbons (Fsp3) is 0.143. The molecule has 0 unspecified atom stereocenters. The maximum Gasteiger partial charge on any atom is 0.251 e. The second kappa shape index (κ2) is 7.81. The normalized spacial score (nSPS) is 9.53. The second-order valence-corrected chi connectivity index (χ2v) is 4.65. The number of nitrogens with one attached hydrogen (secondary N) is 1. The van der Waals surface area contributed by atoms with E-state index < -0.39 is 0 Å². The molecule has 0 radical (unpaired) electrons. The van der Waals surface area contributed by atoms with Crippen molar-refractivity contribution < 1.29 is 4.79 Å². The molecule has 0 fully saturated rings. The molecule has 0 spiro atoms. The number of aromatic nitrogens is 1. The molecule has 0 saturated heterocycles. The molecular weight excluding hydrogens is 280 g/mol. The fourth-order valence-corrected chi connectivity index (χ4v) is 1.94. The summed E-state index contributed by atoms with van der Waals surface area (Å²) < 4.78 is 0. The smallest absolute Gasteiger partial charge is 0.251 e. The Labute approximate surface area is 123 Å². The van der Waals surface area contributed by atoms with Gasteiger partial charge in [-0.3, -0.25) is 9.78 Å². The molecule has 0 aliphatic heterocycles. The van der Waals surface area contributed by atoms with Crippen LogP contribution >= 0.6 is 24.2 Å². The van der Waals surface area contributed by atoms with Crippen molar-refractivity contribution >= 4 is 30.1 Å². The molecule has 1 aromatic carbocycles. The predicted molar refractivity (Wildman–Crippen MR) is 80.9 cm³/mol. The van der Waals surface area contributed by atoms with Crippen LogP contribution in [0, 0.1) is 0 Å². The Morgan fingerprint density at radius 1 is 1.16 bits per heavy atom. The molecule has 5 heteroatoms. The standard InChI is InChI=1S/C14H14N2OS.ClH/c1-18-13-4-2-11(3-5-13)10-16-14(17)12-6-8-15-9-7-12;/h2-9H,10H2,1H3,(H,16,17);1H. The minimum absolute atomic E-state index is 0. The Balaban J connectivity index is 0.00000180. The van der Waals surface area contributed by atoms with Crippen LogP contribution in [0.4, 0.5) is 0 Å². The van der Waals surface area contributed by atoms with Gasteiger partial charge >= 0.3 is 0 Å². The number of hydrogen-bond donors (Lipinski definition) is 1. The number of benzene rings is 1. The maximum atomic E-state index is 11.8. The summed E-state index contributed by atoms with van der Waals surface area (Å²) in [5.41, 5.74) is 1.72. The average Bonchev–Trinajstić information content (AvgIpc) is 2.46. The molecule has 1 amide bonds. The highest BCUT2D eigenvalue weighted by atomic mass is 35.5. The summed E-state index contributed by atoms with van der Waals surface area (Å²) in [6.07, 6.45) is 5.27. The van der Waals surface area contributed by atoms with Gasteiger partial charge in [-0.1, -0.05) is 12.1 Å². The van der Waals surface area contributed by atoms with Crippen LogP contribution in [0.3, 0.4) is 0 Å². The number of halogens is 1. The number of thioether (sulfide) groups is 1. The van der Waals surface area contributed by atoms with E-state index in [1.165, 1.54) is 4.90 Å². The number of carbonyl (C=O) groups excluding carboxylic acids is 1. The number of hydrogen-bond acceptors (Lipinski definition) is 3. The predicted octanol–water partition coefficient (Wildman–Crippen LogP) is 3.16. The van der Waals surface area contributed by atoms with Crippen molar-refractivity contribution in [3.05, 3.63) is 59.9 Å². The number of pyridine rings is 1. The summed E-state index contributed by atoms with van der Waals surface area (Å²) in [5, 5.41) is 2.88. The molecular formula is C14H15ClN2OS. The van der Waals surface area contributed by atoms with Crippen LogP contribution in [0.15, 0.2) is 53.7 Å². The second-order valence-electron chi connectivity index (χ2n) is 3.77. The first-order valence-corrected chi connectivity index (χ1v) is 6.83. The summed E-state index contributed by atoms with van der Waals surface area (Å²) in [7, 11) is 0. The van der Waals surface area contributed by atoms with Gasteiger partial charge in [0.2, 0.25) is 0 Å². The fourth-order valence-electron chi connectivity index (χ4n) is 1.53. The van der Waals surface area contributed by atoms with E-state index in [-0.39, 0.29) is 18.3 Å². The summed E-state index contributed by atoms with van der Waals surface area (Å²) in [5.74, 6) is -0.0775. The van der Waals surface area contributed by atoms with E-state index >= 15 is 0 Å². The van der Waals surface area contributed by atoms with Gasteiger partial charge < -0.3 is 5.32 Å². The van der Waals surface area contributed by atoms with Gasteiger partial charge in [-0.15, -0.1) is 24.2 Å². The SMILES string of the molecule is CSc1ccc(CNC(=O)c2ccncc2)cc1.Cl. The van der Waals surface area contributed by atoms with Gasteiger partial charge in [-0.2, -0.15) is 0 Å². The third-order valence-electron chi connectivity index (χ3n) is 2.55. The molecule has 100 valence electrons. The third kappa shape index (κ3) is 4.58. The van der Waals surface area contributed by atoms with E-state index in [4.69, 9.17) is 0 Å². The van der Waals surface area contributed by atoms with Crippen molar-refractivity contribution in [1.82, 2.24) is 10.3 Å². The molecule has 2 rings (SSSR count). The van der Waals surface area contributed by atoms with E-state index in [1.807, 2.05) is 18.4 Å². The molecule has 1 N–H and O–H groups in total. The summed E-state index contributed by atoms with van der Waals surface area (Å²) >= 11 is 1.70. The van der Waals surface area contributed by atoms with Crippen molar-refractivity contribution in [1.29, 1.82) is 0 Å².